The lowest BCUT2D eigenvalue weighted by atomic mass is 9.95. The highest BCUT2D eigenvalue weighted by molar-refractivity contribution is 5.82. The van der Waals surface area contributed by atoms with Gasteiger partial charge in [-0.15, -0.1) is 0 Å². The van der Waals surface area contributed by atoms with E-state index in [2.05, 4.69) is 10.3 Å². The van der Waals surface area contributed by atoms with Crippen LogP contribution in [0.4, 0.5) is 19.3 Å². The number of carbonyl (C=O) groups is 1. The van der Waals surface area contributed by atoms with Crippen LogP contribution in [0.5, 0.6) is 0 Å². The number of ether oxygens (including phenoxy) is 1. The Hall–Kier alpha value is -2.38. The lowest BCUT2D eigenvalue weighted by Crippen LogP contribution is -2.24. The number of halogens is 2. The van der Waals surface area contributed by atoms with Gasteiger partial charge in [0.1, 0.15) is 6.61 Å². The number of rotatable bonds is 4. The van der Waals surface area contributed by atoms with Crippen LogP contribution in [0.2, 0.25) is 0 Å². The number of alkyl halides is 2. The number of carboxylic acid groups (broad SMARTS) is 1. The number of hydrogen-bond donors (Lipinski definition) is 3. The van der Waals surface area contributed by atoms with E-state index in [0.29, 0.717) is 18.7 Å². The fraction of sp³-hybridized carbons (Fsp3) is 0.500. The highest BCUT2D eigenvalue weighted by atomic mass is 19.3. The summed E-state index contributed by atoms with van der Waals surface area (Å²) in [5.41, 5.74) is 7.12. The maximum Gasteiger partial charge on any atom is 0.409 e. The fourth-order valence-electron chi connectivity index (χ4n) is 2.24. The second-order valence-corrected chi connectivity index (χ2v) is 5.81. The van der Waals surface area contributed by atoms with Crippen molar-refractivity contribution in [2.45, 2.75) is 44.1 Å². The van der Waals surface area contributed by atoms with Gasteiger partial charge in [0.15, 0.2) is 0 Å². The van der Waals surface area contributed by atoms with Gasteiger partial charge in [0.25, 0.3) is 6.02 Å². The molecule has 0 spiro atoms. The molecule has 0 bridgehead atoms. The summed E-state index contributed by atoms with van der Waals surface area (Å²) in [6.07, 6.45) is 1.62. The van der Waals surface area contributed by atoms with Crippen LogP contribution in [0.1, 0.15) is 31.2 Å². The Kier molecular flexibility index (Phi) is 5.94. The summed E-state index contributed by atoms with van der Waals surface area (Å²) in [6, 6.07) is 7.67. The average molecular weight is 341 g/mol. The molecular weight excluding hydrogens is 320 g/mol. The van der Waals surface area contributed by atoms with Gasteiger partial charge in [-0.25, -0.2) is 18.6 Å². The Morgan fingerprint density at radius 3 is 2.42 bits per heavy atom. The van der Waals surface area contributed by atoms with E-state index in [0.717, 1.165) is 18.4 Å². The Bertz CT molecular complexity index is 585. The molecule has 132 valence electrons. The minimum absolute atomic E-state index is 0.118. The molecule has 0 radical (unpaired) electrons. The van der Waals surface area contributed by atoms with Crippen molar-refractivity contribution in [3.05, 3.63) is 29.8 Å². The normalized spacial score (nSPS) is 20.8. The van der Waals surface area contributed by atoms with Crippen LogP contribution >= 0.6 is 0 Å². The molecule has 0 aromatic heterocycles. The van der Waals surface area contributed by atoms with Crippen molar-refractivity contribution >= 4 is 17.8 Å². The number of anilines is 1. The van der Waals surface area contributed by atoms with E-state index in [1.54, 1.807) is 12.1 Å². The topological polar surface area (TPSA) is 96.9 Å². The molecule has 1 aliphatic heterocycles. The maximum atomic E-state index is 11.5. The van der Waals surface area contributed by atoms with E-state index in [-0.39, 0.29) is 24.9 Å². The molecule has 1 aromatic carbocycles. The molecule has 0 unspecified atom stereocenters. The zero-order chi connectivity index (χ0) is 17.6. The van der Waals surface area contributed by atoms with Crippen LogP contribution in [-0.4, -0.2) is 35.8 Å². The van der Waals surface area contributed by atoms with Crippen LogP contribution in [0, 0.1) is 0 Å². The Morgan fingerprint density at radius 1 is 1.38 bits per heavy atom. The Balaban J connectivity index is 0.000000292. The van der Waals surface area contributed by atoms with Crippen molar-refractivity contribution in [1.82, 2.24) is 0 Å². The third-order valence-corrected chi connectivity index (χ3v) is 3.79. The number of benzene rings is 1. The number of amidine groups is 1. The van der Waals surface area contributed by atoms with E-state index in [4.69, 9.17) is 15.6 Å². The predicted molar refractivity (Wildman–Crippen MR) is 86.6 cm³/mol. The van der Waals surface area contributed by atoms with Crippen molar-refractivity contribution in [2.75, 3.05) is 11.9 Å². The van der Waals surface area contributed by atoms with Crippen molar-refractivity contribution in [2.24, 2.45) is 10.7 Å². The summed E-state index contributed by atoms with van der Waals surface area (Å²) in [5, 5.41) is 10.8. The molecule has 1 heterocycles. The molecule has 1 saturated carbocycles. The van der Waals surface area contributed by atoms with Gasteiger partial charge < -0.3 is 15.6 Å². The highest BCUT2D eigenvalue weighted by Crippen LogP contribution is 2.36. The first-order chi connectivity index (χ1) is 11.3. The zero-order valence-corrected chi connectivity index (χ0v) is 13.2. The lowest BCUT2D eigenvalue weighted by Gasteiger charge is -2.23. The minimum atomic E-state index is -2.28. The summed E-state index contributed by atoms with van der Waals surface area (Å²) in [7, 11) is 0. The van der Waals surface area contributed by atoms with Crippen LogP contribution in [-0.2, 0) is 11.2 Å². The van der Waals surface area contributed by atoms with E-state index < -0.39 is 12.0 Å². The molecule has 3 rings (SSSR count). The summed E-state index contributed by atoms with van der Waals surface area (Å²) < 4.78 is 28.1. The first-order valence-corrected chi connectivity index (χ1v) is 7.77. The smallest absolute Gasteiger partial charge is 0.409 e. The minimum Gasteiger partial charge on any atom is -0.465 e. The summed E-state index contributed by atoms with van der Waals surface area (Å²) in [5.74, 6) is -2.28. The maximum absolute atomic E-state index is 11.5. The molecule has 1 fully saturated rings. The molecular formula is C16H21F2N3O3. The van der Waals surface area contributed by atoms with Crippen molar-refractivity contribution in [3.8, 4) is 0 Å². The monoisotopic (exact) mass is 341 g/mol. The Labute approximate surface area is 138 Å². The summed E-state index contributed by atoms with van der Waals surface area (Å²) >= 11 is 0. The molecule has 24 heavy (non-hydrogen) atoms. The second-order valence-electron chi connectivity index (χ2n) is 5.81. The van der Waals surface area contributed by atoms with Gasteiger partial charge >= 0.3 is 6.09 Å². The third kappa shape index (κ3) is 6.02. The molecule has 1 aliphatic carbocycles. The van der Waals surface area contributed by atoms with Crippen molar-refractivity contribution in [3.63, 3.8) is 0 Å². The lowest BCUT2D eigenvalue weighted by molar-refractivity contribution is -0.0717. The fourth-order valence-corrected chi connectivity index (χ4v) is 2.24. The zero-order valence-electron chi connectivity index (χ0n) is 13.2. The number of hydrogen-bond acceptors (Lipinski definition) is 4. The SMILES string of the molecule is FC1(F)CCC1.NC1=N[C@@H](CCc2ccc(NC(=O)O)cc2)CO1. The van der Waals surface area contributed by atoms with Crippen molar-refractivity contribution < 1.29 is 23.4 Å². The standard InChI is InChI=1S/C12H15N3O3.C4H6F2/c13-11-14-10(7-18-11)6-3-8-1-4-9(5-2-8)15-12(16)17;5-4(6)2-1-3-4/h1-2,4-5,10,15H,3,6-7H2,(H2,13,14)(H,16,17);1-3H2/t10-;/m0./s1. The second kappa shape index (κ2) is 7.94. The van der Waals surface area contributed by atoms with E-state index in [1.807, 2.05) is 12.1 Å². The van der Waals surface area contributed by atoms with Gasteiger partial charge in [0, 0.05) is 18.5 Å². The molecule has 8 heteroatoms. The van der Waals surface area contributed by atoms with Gasteiger partial charge in [-0.3, -0.25) is 5.32 Å². The average Bonchev–Trinajstić information content (AvgIpc) is 2.91. The van der Waals surface area contributed by atoms with Gasteiger partial charge in [-0.2, -0.15) is 0 Å². The van der Waals surface area contributed by atoms with Crippen LogP contribution < -0.4 is 11.1 Å². The van der Waals surface area contributed by atoms with Gasteiger partial charge in [-0.05, 0) is 37.0 Å². The number of nitrogens with zero attached hydrogens (tertiary/aromatic N) is 1. The number of nitrogens with one attached hydrogen (secondary N) is 1. The molecule has 1 aromatic rings. The number of aliphatic imine (C=N–C) groups is 1. The predicted octanol–water partition coefficient (Wildman–Crippen LogP) is 3.23. The largest absolute Gasteiger partial charge is 0.465 e. The molecule has 1 atom stereocenters. The van der Waals surface area contributed by atoms with Crippen LogP contribution in [0.3, 0.4) is 0 Å². The van der Waals surface area contributed by atoms with E-state index in [9.17, 15) is 13.6 Å². The first kappa shape index (κ1) is 18.0. The molecule has 2 aliphatic rings. The molecule has 6 nitrogen and oxygen atoms in total. The third-order valence-electron chi connectivity index (χ3n) is 3.79. The molecule has 4 N–H and O–H groups in total. The quantitative estimate of drug-likeness (QED) is 0.783. The summed E-state index contributed by atoms with van der Waals surface area (Å²) in [4.78, 5) is 14.6. The van der Waals surface area contributed by atoms with E-state index >= 15 is 0 Å². The highest BCUT2D eigenvalue weighted by Gasteiger charge is 2.36. The Morgan fingerprint density at radius 2 is 2.00 bits per heavy atom. The van der Waals surface area contributed by atoms with Crippen molar-refractivity contribution in [1.29, 1.82) is 0 Å². The van der Waals surface area contributed by atoms with Gasteiger partial charge in [0.05, 0.1) is 6.04 Å². The number of amides is 1. The molecule has 0 saturated heterocycles. The first-order valence-electron chi connectivity index (χ1n) is 7.77. The van der Waals surface area contributed by atoms with E-state index in [1.165, 1.54) is 0 Å². The van der Waals surface area contributed by atoms with Gasteiger partial charge in [0.2, 0.25) is 5.92 Å². The van der Waals surface area contributed by atoms with Crippen LogP contribution in [0.25, 0.3) is 0 Å². The van der Waals surface area contributed by atoms with Gasteiger partial charge in [-0.1, -0.05) is 12.1 Å². The molecule has 1 amide bonds. The number of aryl methyl sites for hydroxylation is 1. The number of nitrogens with two attached hydrogens (primary N) is 1. The summed E-state index contributed by atoms with van der Waals surface area (Å²) in [6.45, 7) is 0.546. The van der Waals surface area contributed by atoms with Crippen LogP contribution in [0.15, 0.2) is 29.3 Å².